The zero-order valence-corrected chi connectivity index (χ0v) is 7.36. The molecule has 0 unspecified atom stereocenters. The van der Waals surface area contributed by atoms with E-state index in [9.17, 15) is 13.2 Å². The van der Waals surface area contributed by atoms with E-state index in [1.807, 2.05) is 0 Å². The maximum Gasteiger partial charge on any atom is 0.433 e. The van der Waals surface area contributed by atoms with Gasteiger partial charge in [0.05, 0.1) is 0 Å². The second kappa shape index (κ2) is 3.96. The van der Waals surface area contributed by atoms with Crippen molar-refractivity contribution in [3.63, 3.8) is 0 Å². The molecule has 0 radical (unpaired) electrons. The molecule has 0 spiro atoms. The van der Waals surface area contributed by atoms with Crippen molar-refractivity contribution in [2.24, 2.45) is 4.99 Å². The highest BCUT2D eigenvalue weighted by atomic mass is 35.5. The minimum atomic E-state index is -4.43. The van der Waals surface area contributed by atoms with E-state index in [4.69, 9.17) is 11.6 Å². The Hall–Kier alpha value is -0.770. The van der Waals surface area contributed by atoms with Crippen LogP contribution in [0.2, 0.25) is 0 Å². The molecule has 0 aromatic rings. The van der Waals surface area contributed by atoms with E-state index in [-0.39, 0.29) is 5.17 Å². The molecule has 0 aromatic carbocycles. The number of allylic oxidation sites excluding steroid dienone is 4. The summed E-state index contributed by atoms with van der Waals surface area (Å²) < 4.78 is 36.5. The third-order valence-electron chi connectivity index (χ3n) is 1.44. The minimum Gasteiger partial charge on any atom is -0.236 e. The van der Waals surface area contributed by atoms with Gasteiger partial charge in [0.2, 0.25) is 0 Å². The van der Waals surface area contributed by atoms with Crippen LogP contribution in [0.3, 0.4) is 0 Å². The van der Waals surface area contributed by atoms with Crippen LogP contribution in [0.4, 0.5) is 13.2 Å². The number of nitrogens with zero attached hydrogens (tertiary/aromatic N) is 1. The molecule has 5 heteroatoms. The average molecular weight is 210 g/mol. The summed E-state index contributed by atoms with van der Waals surface area (Å²) in [7, 11) is 0. The molecule has 0 fully saturated rings. The third kappa shape index (κ3) is 3.22. The highest BCUT2D eigenvalue weighted by Gasteiger charge is 2.33. The van der Waals surface area contributed by atoms with Crippen LogP contribution in [-0.4, -0.2) is 11.3 Å². The van der Waals surface area contributed by atoms with Crippen LogP contribution in [0, 0.1) is 0 Å². The molecule has 0 aliphatic carbocycles. The Balaban J connectivity index is 2.97. The standard InChI is InChI=1S/C8H7ClF3N/c9-7-5-3-1-2-4-6(13-7)8(10,11)12/h1-2,4H,3,5H2/b2-1-,6-4-,13-7?. The van der Waals surface area contributed by atoms with Crippen molar-refractivity contribution in [2.75, 3.05) is 0 Å². The molecule has 72 valence electrons. The van der Waals surface area contributed by atoms with E-state index in [0.29, 0.717) is 12.8 Å². The largest absolute Gasteiger partial charge is 0.433 e. The molecule has 0 N–H and O–H groups in total. The van der Waals surface area contributed by atoms with Crippen molar-refractivity contribution in [1.29, 1.82) is 0 Å². The lowest BCUT2D eigenvalue weighted by atomic mass is 10.2. The summed E-state index contributed by atoms with van der Waals surface area (Å²) in [6.07, 6.45) is 0.428. The monoisotopic (exact) mass is 209 g/mol. The van der Waals surface area contributed by atoms with Gasteiger partial charge in [0, 0.05) is 6.42 Å². The summed E-state index contributed by atoms with van der Waals surface area (Å²) in [5.41, 5.74) is -0.951. The number of rotatable bonds is 0. The smallest absolute Gasteiger partial charge is 0.236 e. The van der Waals surface area contributed by atoms with E-state index < -0.39 is 11.9 Å². The Morgan fingerprint density at radius 1 is 1.38 bits per heavy atom. The van der Waals surface area contributed by atoms with Gasteiger partial charge in [0.1, 0.15) is 10.9 Å². The van der Waals surface area contributed by atoms with Crippen molar-refractivity contribution in [2.45, 2.75) is 19.0 Å². The number of hydrogen-bond acceptors (Lipinski definition) is 1. The fourth-order valence-electron chi connectivity index (χ4n) is 0.840. The van der Waals surface area contributed by atoms with Crippen molar-refractivity contribution < 1.29 is 13.2 Å². The lowest BCUT2D eigenvalue weighted by Crippen LogP contribution is -2.11. The predicted octanol–water partition coefficient (Wildman–Crippen LogP) is 3.42. The number of halogens is 4. The fourth-order valence-corrected chi connectivity index (χ4v) is 1.04. The van der Waals surface area contributed by atoms with E-state index >= 15 is 0 Å². The summed E-state index contributed by atoms with van der Waals surface area (Å²) in [6.45, 7) is 0. The van der Waals surface area contributed by atoms with Crippen molar-refractivity contribution in [3.05, 3.63) is 23.9 Å². The maximum absolute atomic E-state index is 12.2. The van der Waals surface area contributed by atoms with Crippen LogP contribution in [0.15, 0.2) is 28.9 Å². The quantitative estimate of drug-likeness (QED) is 0.580. The Morgan fingerprint density at radius 2 is 2.08 bits per heavy atom. The topological polar surface area (TPSA) is 12.4 Å². The molecular formula is C8H7ClF3N. The number of aliphatic imine (C=N–C) groups is 1. The van der Waals surface area contributed by atoms with Gasteiger partial charge in [-0.05, 0) is 12.5 Å². The molecule has 0 amide bonds. The summed E-state index contributed by atoms with van der Waals surface area (Å²) in [5.74, 6) is 0. The van der Waals surface area contributed by atoms with E-state index in [2.05, 4.69) is 4.99 Å². The minimum absolute atomic E-state index is 0.00655. The van der Waals surface area contributed by atoms with Gasteiger partial charge >= 0.3 is 6.18 Å². The first-order valence-electron chi connectivity index (χ1n) is 3.67. The lowest BCUT2D eigenvalue weighted by molar-refractivity contribution is -0.0923. The lowest BCUT2D eigenvalue weighted by Gasteiger charge is -2.08. The van der Waals surface area contributed by atoms with E-state index in [0.717, 1.165) is 6.08 Å². The van der Waals surface area contributed by atoms with Gasteiger partial charge in [-0.25, -0.2) is 4.99 Å². The molecule has 1 rings (SSSR count). The Bertz CT molecular complexity index is 276. The van der Waals surface area contributed by atoms with Crippen LogP contribution in [0.5, 0.6) is 0 Å². The summed E-state index contributed by atoms with van der Waals surface area (Å²) in [4.78, 5) is 3.27. The van der Waals surface area contributed by atoms with Crippen LogP contribution in [0.25, 0.3) is 0 Å². The molecule has 0 aromatic heterocycles. The predicted molar refractivity (Wildman–Crippen MR) is 45.8 cm³/mol. The zero-order chi connectivity index (χ0) is 9.90. The highest BCUT2D eigenvalue weighted by Crippen LogP contribution is 2.28. The first-order valence-corrected chi connectivity index (χ1v) is 4.05. The molecule has 1 nitrogen and oxygen atoms in total. The van der Waals surface area contributed by atoms with Gasteiger partial charge in [0.25, 0.3) is 0 Å². The van der Waals surface area contributed by atoms with Crippen LogP contribution < -0.4 is 0 Å². The molecular weight excluding hydrogens is 203 g/mol. The van der Waals surface area contributed by atoms with E-state index in [1.165, 1.54) is 6.08 Å². The molecule has 0 saturated carbocycles. The second-order valence-electron chi connectivity index (χ2n) is 2.50. The zero-order valence-electron chi connectivity index (χ0n) is 6.61. The van der Waals surface area contributed by atoms with Gasteiger partial charge in [-0.2, -0.15) is 13.2 Å². The van der Waals surface area contributed by atoms with Crippen LogP contribution >= 0.6 is 11.6 Å². The average Bonchev–Trinajstić information content (AvgIpc) is 1.94. The number of hydrogen-bond donors (Lipinski definition) is 0. The molecule has 0 bridgehead atoms. The molecule has 1 aliphatic heterocycles. The molecule has 0 saturated heterocycles. The van der Waals surface area contributed by atoms with E-state index in [1.54, 1.807) is 6.08 Å². The van der Waals surface area contributed by atoms with Crippen molar-refractivity contribution in [1.82, 2.24) is 0 Å². The van der Waals surface area contributed by atoms with Gasteiger partial charge in [-0.1, -0.05) is 23.8 Å². The molecule has 1 aliphatic rings. The van der Waals surface area contributed by atoms with Gasteiger partial charge in [-0.3, -0.25) is 0 Å². The van der Waals surface area contributed by atoms with Gasteiger partial charge in [-0.15, -0.1) is 0 Å². The molecule has 1 heterocycles. The Morgan fingerprint density at radius 3 is 2.69 bits per heavy atom. The van der Waals surface area contributed by atoms with Gasteiger partial charge < -0.3 is 0 Å². The fraction of sp³-hybridized carbons (Fsp3) is 0.375. The Kier molecular flexibility index (Phi) is 3.14. The second-order valence-corrected chi connectivity index (χ2v) is 2.94. The molecule has 13 heavy (non-hydrogen) atoms. The maximum atomic E-state index is 12.2. The van der Waals surface area contributed by atoms with Crippen molar-refractivity contribution >= 4 is 16.8 Å². The normalized spacial score (nSPS) is 25.2. The SMILES string of the molecule is FC(F)(F)/C1=C/C=C\CCC(Cl)=N1. The highest BCUT2D eigenvalue weighted by molar-refractivity contribution is 6.65. The van der Waals surface area contributed by atoms with Gasteiger partial charge in [0.15, 0.2) is 0 Å². The Labute approximate surface area is 78.6 Å². The summed E-state index contributed by atoms with van der Waals surface area (Å²) in [5, 5.41) is -0.00655. The summed E-state index contributed by atoms with van der Waals surface area (Å²) in [6, 6.07) is 0. The van der Waals surface area contributed by atoms with Crippen molar-refractivity contribution in [3.8, 4) is 0 Å². The number of alkyl halides is 3. The first-order chi connectivity index (χ1) is 6.00. The first kappa shape index (κ1) is 10.3. The van der Waals surface area contributed by atoms with Crippen LogP contribution in [0.1, 0.15) is 12.8 Å². The van der Waals surface area contributed by atoms with Crippen LogP contribution in [-0.2, 0) is 0 Å². The third-order valence-corrected chi connectivity index (χ3v) is 1.71. The summed E-state index contributed by atoms with van der Waals surface area (Å²) >= 11 is 5.47. The molecule has 0 atom stereocenters.